The van der Waals surface area contributed by atoms with E-state index in [2.05, 4.69) is 32.3 Å². The van der Waals surface area contributed by atoms with Crippen molar-refractivity contribution >= 4 is 28.8 Å². The number of fused-ring (bicyclic) bond motifs is 1. The van der Waals surface area contributed by atoms with Crippen LogP contribution in [0.25, 0.3) is 5.65 Å². The Kier molecular flexibility index (Phi) is 5.73. The summed E-state index contributed by atoms with van der Waals surface area (Å²) >= 11 is 0. The van der Waals surface area contributed by atoms with Crippen LogP contribution in [0.5, 0.6) is 0 Å². The van der Waals surface area contributed by atoms with E-state index >= 15 is 0 Å². The van der Waals surface area contributed by atoms with Gasteiger partial charge in [-0.15, -0.1) is 0 Å². The van der Waals surface area contributed by atoms with Crippen LogP contribution in [0.15, 0.2) is 84.2 Å². The number of nitrogens with zero attached hydrogens (tertiary/aromatic N) is 5. The highest BCUT2D eigenvalue weighted by Gasteiger charge is 2.24. The lowest BCUT2D eigenvalue weighted by molar-refractivity contribution is 0.0748. The third kappa shape index (κ3) is 4.11. The molecule has 1 N–H and O–H groups in total. The average molecular weight is 454 g/mol. The molecule has 9 heteroatoms. The molecule has 1 aromatic carbocycles. The number of anilines is 2. The van der Waals surface area contributed by atoms with Crippen molar-refractivity contribution in [1.29, 1.82) is 0 Å². The van der Waals surface area contributed by atoms with Gasteiger partial charge in [-0.25, -0.2) is 4.98 Å². The standard InChI is InChI=1S/C25H22N6O3/c32-23(18-6-4-10-26-16-18)28-21-17-27-22-20(9-5-11-31(22)25(21)34)24(33)30-14-12-29(13-15-30)19-7-2-1-3-8-19/h1-11,16-17H,12-15H2,(H,28,32). The van der Waals surface area contributed by atoms with Crippen LogP contribution in [0.1, 0.15) is 20.7 Å². The summed E-state index contributed by atoms with van der Waals surface area (Å²) in [7, 11) is 0. The second kappa shape index (κ2) is 9.14. The predicted molar refractivity (Wildman–Crippen MR) is 128 cm³/mol. The van der Waals surface area contributed by atoms with Crippen LogP contribution in [0.4, 0.5) is 11.4 Å². The van der Waals surface area contributed by atoms with Gasteiger partial charge in [0.15, 0.2) is 5.65 Å². The summed E-state index contributed by atoms with van der Waals surface area (Å²) in [6.45, 7) is 2.58. The molecule has 5 rings (SSSR count). The lowest BCUT2D eigenvalue weighted by Crippen LogP contribution is -2.49. The number of carbonyl (C=O) groups excluding carboxylic acids is 2. The van der Waals surface area contributed by atoms with Gasteiger partial charge in [-0.05, 0) is 36.4 Å². The summed E-state index contributed by atoms with van der Waals surface area (Å²) in [5.41, 5.74) is 1.61. The van der Waals surface area contributed by atoms with Crippen LogP contribution < -0.4 is 15.8 Å². The minimum absolute atomic E-state index is 0.0208. The van der Waals surface area contributed by atoms with Gasteiger partial charge in [0.05, 0.1) is 17.3 Å². The van der Waals surface area contributed by atoms with Crippen molar-refractivity contribution in [2.45, 2.75) is 0 Å². The van der Waals surface area contributed by atoms with Gasteiger partial charge in [0.1, 0.15) is 5.69 Å². The Labute approximate surface area is 195 Å². The molecule has 0 atom stereocenters. The van der Waals surface area contributed by atoms with Crippen LogP contribution in [-0.4, -0.2) is 57.3 Å². The van der Waals surface area contributed by atoms with Crippen LogP contribution in [0.3, 0.4) is 0 Å². The van der Waals surface area contributed by atoms with E-state index in [9.17, 15) is 14.4 Å². The minimum atomic E-state index is -0.467. The molecule has 0 spiro atoms. The molecule has 4 heterocycles. The fourth-order valence-electron chi connectivity index (χ4n) is 4.03. The maximum atomic E-state index is 13.3. The summed E-state index contributed by atoms with van der Waals surface area (Å²) in [6.07, 6.45) is 5.80. The summed E-state index contributed by atoms with van der Waals surface area (Å²) in [4.78, 5) is 51.0. The zero-order chi connectivity index (χ0) is 23.5. The topological polar surface area (TPSA) is 99.9 Å². The molecule has 2 amide bonds. The number of amides is 2. The van der Waals surface area contributed by atoms with Crippen LogP contribution >= 0.6 is 0 Å². The number of hydrogen-bond donors (Lipinski definition) is 1. The number of carbonyl (C=O) groups is 2. The van der Waals surface area contributed by atoms with Crippen molar-refractivity contribution < 1.29 is 9.59 Å². The van der Waals surface area contributed by atoms with Crippen molar-refractivity contribution in [3.05, 3.63) is 101 Å². The summed E-state index contributed by atoms with van der Waals surface area (Å²) < 4.78 is 1.28. The number of rotatable bonds is 4. The number of nitrogens with one attached hydrogen (secondary N) is 1. The Bertz CT molecular complexity index is 1400. The van der Waals surface area contributed by atoms with Crippen LogP contribution in [0, 0.1) is 0 Å². The molecule has 3 aromatic heterocycles. The second-order valence-corrected chi connectivity index (χ2v) is 7.90. The van der Waals surface area contributed by atoms with Gasteiger partial charge < -0.3 is 15.1 Å². The number of hydrogen-bond acceptors (Lipinski definition) is 6. The Morgan fingerprint density at radius 2 is 1.68 bits per heavy atom. The van der Waals surface area contributed by atoms with Gasteiger partial charge >= 0.3 is 0 Å². The maximum absolute atomic E-state index is 13.3. The zero-order valence-corrected chi connectivity index (χ0v) is 18.3. The molecule has 170 valence electrons. The van der Waals surface area contributed by atoms with Crippen molar-refractivity contribution in [1.82, 2.24) is 19.3 Å². The van der Waals surface area contributed by atoms with E-state index in [4.69, 9.17) is 0 Å². The zero-order valence-electron chi connectivity index (χ0n) is 18.3. The summed E-state index contributed by atoms with van der Waals surface area (Å²) in [5.74, 6) is -0.639. The molecule has 0 bridgehead atoms. The molecule has 1 aliphatic heterocycles. The first kappa shape index (κ1) is 21.3. The predicted octanol–water partition coefficient (Wildman–Crippen LogP) is 2.30. The first-order valence-electron chi connectivity index (χ1n) is 10.9. The van der Waals surface area contributed by atoms with E-state index in [-0.39, 0.29) is 17.2 Å². The molecule has 1 aliphatic rings. The fraction of sp³-hybridized carbons (Fsp3) is 0.160. The normalized spacial score (nSPS) is 13.6. The number of para-hydroxylation sites is 1. The lowest BCUT2D eigenvalue weighted by atomic mass is 10.2. The number of aromatic nitrogens is 3. The molecule has 0 unspecified atom stereocenters. The SMILES string of the molecule is O=C(Nc1cnc2c(C(=O)N3CCN(c4ccccc4)CC3)cccn2c1=O)c1cccnc1. The van der Waals surface area contributed by atoms with Gasteiger partial charge in [0, 0.05) is 50.5 Å². The van der Waals surface area contributed by atoms with E-state index < -0.39 is 11.5 Å². The molecular weight excluding hydrogens is 432 g/mol. The van der Waals surface area contributed by atoms with Gasteiger partial charge in [0.2, 0.25) is 0 Å². The highest BCUT2D eigenvalue weighted by atomic mass is 16.2. The Hall–Kier alpha value is -4.53. The van der Waals surface area contributed by atoms with E-state index in [1.807, 2.05) is 18.2 Å². The smallest absolute Gasteiger partial charge is 0.281 e. The molecule has 0 saturated carbocycles. The molecule has 0 radical (unpaired) electrons. The Balaban J connectivity index is 1.36. The molecule has 1 fully saturated rings. The number of piperazine rings is 1. The highest BCUT2D eigenvalue weighted by Crippen LogP contribution is 2.18. The van der Waals surface area contributed by atoms with Crippen molar-refractivity contribution in [3.8, 4) is 0 Å². The summed E-state index contributed by atoms with van der Waals surface area (Å²) in [5, 5.41) is 2.58. The second-order valence-electron chi connectivity index (χ2n) is 7.90. The lowest BCUT2D eigenvalue weighted by Gasteiger charge is -2.36. The average Bonchev–Trinajstić information content (AvgIpc) is 2.90. The van der Waals surface area contributed by atoms with Crippen molar-refractivity contribution in [2.24, 2.45) is 0 Å². The quantitative estimate of drug-likeness (QED) is 0.508. The van der Waals surface area contributed by atoms with Crippen LogP contribution in [-0.2, 0) is 0 Å². The largest absolute Gasteiger partial charge is 0.368 e. The molecule has 34 heavy (non-hydrogen) atoms. The van der Waals surface area contributed by atoms with Gasteiger partial charge in [-0.3, -0.25) is 23.8 Å². The third-order valence-corrected chi connectivity index (χ3v) is 5.82. The monoisotopic (exact) mass is 454 g/mol. The molecule has 1 saturated heterocycles. The first-order valence-corrected chi connectivity index (χ1v) is 10.9. The van der Waals surface area contributed by atoms with Gasteiger partial charge in [-0.2, -0.15) is 0 Å². The fourth-order valence-corrected chi connectivity index (χ4v) is 4.03. The van der Waals surface area contributed by atoms with E-state index in [0.29, 0.717) is 24.2 Å². The van der Waals surface area contributed by atoms with Crippen molar-refractivity contribution in [2.75, 3.05) is 36.4 Å². The molecule has 9 nitrogen and oxygen atoms in total. The van der Waals surface area contributed by atoms with Gasteiger partial charge in [-0.1, -0.05) is 18.2 Å². The molecular formula is C25H22N6O3. The summed E-state index contributed by atoms with van der Waals surface area (Å²) in [6, 6.07) is 16.6. The number of pyridine rings is 2. The Morgan fingerprint density at radius 1 is 0.882 bits per heavy atom. The maximum Gasteiger partial charge on any atom is 0.281 e. The molecule has 0 aliphatic carbocycles. The minimum Gasteiger partial charge on any atom is -0.368 e. The molecule has 4 aromatic rings. The van der Waals surface area contributed by atoms with Crippen molar-refractivity contribution in [3.63, 3.8) is 0 Å². The van der Waals surface area contributed by atoms with E-state index in [1.165, 1.54) is 23.0 Å². The highest BCUT2D eigenvalue weighted by molar-refractivity contribution is 6.04. The number of benzene rings is 1. The van der Waals surface area contributed by atoms with E-state index in [0.717, 1.165) is 18.8 Å². The van der Waals surface area contributed by atoms with Crippen LogP contribution in [0.2, 0.25) is 0 Å². The first-order chi connectivity index (χ1) is 16.6. The Morgan fingerprint density at radius 3 is 2.41 bits per heavy atom. The van der Waals surface area contributed by atoms with E-state index in [1.54, 1.807) is 35.4 Å². The van der Waals surface area contributed by atoms with Gasteiger partial charge in [0.25, 0.3) is 17.4 Å². The third-order valence-electron chi connectivity index (χ3n) is 5.82.